The second-order valence-corrected chi connectivity index (χ2v) is 6.72. The summed E-state index contributed by atoms with van der Waals surface area (Å²) in [5.74, 6) is 2.35. The van der Waals surface area contributed by atoms with Crippen molar-refractivity contribution >= 4 is 40.0 Å². The number of rotatable bonds is 3. The lowest BCUT2D eigenvalue weighted by molar-refractivity contribution is 0.189. The predicted molar refractivity (Wildman–Crippen MR) is 90.8 cm³/mol. The first-order valence-electron chi connectivity index (χ1n) is 7.31. The molecule has 118 valence electrons. The number of nitrogens with two attached hydrogens (primary N) is 1. The Morgan fingerprint density at radius 1 is 1.45 bits per heavy atom. The molecule has 1 amide bonds. The summed E-state index contributed by atoms with van der Waals surface area (Å²) in [5, 5.41) is 11.2. The molecule has 2 aromatic rings. The molecular formula is C14H18IN5O2. The van der Waals surface area contributed by atoms with Crippen LogP contribution in [0.2, 0.25) is 0 Å². The summed E-state index contributed by atoms with van der Waals surface area (Å²) < 4.78 is 2.93. The van der Waals surface area contributed by atoms with Gasteiger partial charge >= 0.3 is 6.09 Å². The van der Waals surface area contributed by atoms with Gasteiger partial charge in [0.2, 0.25) is 0 Å². The van der Waals surface area contributed by atoms with Crippen molar-refractivity contribution < 1.29 is 9.90 Å². The van der Waals surface area contributed by atoms with E-state index in [4.69, 9.17) is 15.8 Å². The molecule has 0 radical (unpaired) electrons. The Bertz CT molecular complexity index is 694. The van der Waals surface area contributed by atoms with Gasteiger partial charge in [-0.1, -0.05) is 0 Å². The van der Waals surface area contributed by atoms with Crippen molar-refractivity contribution in [2.75, 3.05) is 12.3 Å². The number of carboxylic acid groups (broad SMARTS) is 1. The normalized spacial score (nSPS) is 21.9. The van der Waals surface area contributed by atoms with Gasteiger partial charge in [-0.05, 0) is 54.2 Å². The van der Waals surface area contributed by atoms with E-state index in [9.17, 15) is 4.79 Å². The number of hydrogen-bond acceptors (Lipinski definition) is 4. The third-order valence-electron chi connectivity index (χ3n) is 4.32. The number of aromatic nitrogens is 3. The average Bonchev–Trinajstić information content (AvgIpc) is 2.84. The molecule has 1 fully saturated rings. The molecule has 1 aliphatic rings. The van der Waals surface area contributed by atoms with E-state index in [0.717, 1.165) is 40.7 Å². The Labute approximate surface area is 141 Å². The van der Waals surface area contributed by atoms with Crippen LogP contribution in [0.4, 0.5) is 10.6 Å². The first-order valence-corrected chi connectivity index (χ1v) is 8.39. The van der Waals surface area contributed by atoms with Crippen molar-refractivity contribution in [3.63, 3.8) is 0 Å². The molecule has 0 bridgehead atoms. The summed E-state index contributed by atoms with van der Waals surface area (Å²) in [6.07, 6.45) is 6.72. The number of nitrogens with zero attached hydrogens (tertiary/aromatic N) is 3. The minimum atomic E-state index is -0.945. The molecule has 0 unspecified atom stereocenters. The van der Waals surface area contributed by atoms with Crippen LogP contribution in [0.1, 0.15) is 37.4 Å². The summed E-state index contributed by atoms with van der Waals surface area (Å²) in [7, 11) is 0. The van der Waals surface area contributed by atoms with E-state index < -0.39 is 6.09 Å². The molecule has 0 atom stereocenters. The van der Waals surface area contributed by atoms with Crippen molar-refractivity contribution in [3.05, 3.63) is 21.9 Å². The molecule has 8 heteroatoms. The first-order chi connectivity index (χ1) is 10.6. The molecule has 2 aromatic heterocycles. The van der Waals surface area contributed by atoms with Crippen LogP contribution in [-0.4, -0.2) is 32.1 Å². The number of anilines is 1. The lowest BCUT2D eigenvalue weighted by atomic mass is 9.81. The lowest BCUT2D eigenvalue weighted by Crippen LogP contribution is -2.30. The number of nitrogens with one attached hydrogen (secondary N) is 1. The fourth-order valence-corrected chi connectivity index (χ4v) is 3.97. The highest BCUT2D eigenvalue weighted by Gasteiger charge is 2.26. The van der Waals surface area contributed by atoms with Gasteiger partial charge in [0.1, 0.15) is 15.0 Å². The van der Waals surface area contributed by atoms with E-state index in [0.29, 0.717) is 24.2 Å². The summed E-state index contributed by atoms with van der Waals surface area (Å²) >= 11 is 2.20. The first kappa shape index (κ1) is 15.3. The highest BCUT2D eigenvalue weighted by molar-refractivity contribution is 14.1. The third kappa shape index (κ3) is 2.96. The van der Waals surface area contributed by atoms with Crippen LogP contribution < -0.4 is 11.1 Å². The van der Waals surface area contributed by atoms with Crippen LogP contribution in [0, 0.1) is 9.62 Å². The van der Waals surface area contributed by atoms with Crippen molar-refractivity contribution in [1.29, 1.82) is 0 Å². The molecule has 3 rings (SSSR count). The van der Waals surface area contributed by atoms with Crippen LogP contribution in [0.3, 0.4) is 0 Å². The minimum absolute atomic E-state index is 0.388. The Balaban J connectivity index is 1.74. The van der Waals surface area contributed by atoms with Crippen molar-refractivity contribution in [2.45, 2.75) is 31.6 Å². The summed E-state index contributed by atoms with van der Waals surface area (Å²) in [5.41, 5.74) is 6.83. The quantitative estimate of drug-likeness (QED) is 0.668. The maximum atomic E-state index is 10.6. The van der Waals surface area contributed by atoms with Gasteiger partial charge in [0, 0.05) is 24.9 Å². The van der Waals surface area contributed by atoms with Gasteiger partial charge in [-0.15, -0.1) is 0 Å². The smallest absolute Gasteiger partial charge is 0.404 e. The molecule has 1 aliphatic carbocycles. The Hall–Kier alpha value is -1.58. The second kappa shape index (κ2) is 6.27. The molecule has 0 aliphatic heterocycles. The summed E-state index contributed by atoms with van der Waals surface area (Å²) in [6, 6.07) is 0. The van der Waals surface area contributed by atoms with Crippen LogP contribution >= 0.6 is 22.6 Å². The highest BCUT2D eigenvalue weighted by Crippen LogP contribution is 2.36. The lowest BCUT2D eigenvalue weighted by Gasteiger charge is -2.27. The molecule has 7 nitrogen and oxygen atoms in total. The largest absolute Gasteiger partial charge is 0.465 e. The van der Waals surface area contributed by atoms with Gasteiger partial charge in [-0.2, -0.15) is 0 Å². The van der Waals surface area contributed by atoms with Gasteiger partial charge in [0.25, 0.3) is 0 Å². The van der Waals surface area contributed by atoms with Crippen molar-refractivity contribution in [2.24, 2.45) is 5.92 Å². The number of fused-ring (bicyclic) bond motifs is 1. The van der Waals surface area contributed by atoms with Crippen molar-refractivity contribution in [3.8, 4) is 0 Å². The van der Waals surface area contributed by atoms with Crippen LogP contribution in [-0.2, 0) is 0 Å². The second-order valence-electron chi connectivity index (χ2n) is 5.70. The Morgan fingerprint density at radius 2 is 2.18 bits per heavy atom. The van der Waals surface area contributed by atoms with E-state index in [1.807, 2.05) is 10.6 Å². The number of amides is 1. The molecule has 4 N–H and O–H groups in total. The fraction of sp³-hybridized carbons (Fsp3) is 0.500. The molecule has 2 heterocycles. The molecule has 22 heavy (non-hydrogen) atoms. The van der Waals surface area contributed by atoms with E-state index >= 15 is 0 Å². The highest BCUT2D eigenvalue weighted by atomic mass is 127. The average molecular weight is 415 g/mol. The topological polar surface area (TPSA) is 106 Å². The van der Waals surface area contributed by atoms with E-state index in [1.165, 1.54) is 0 Å². The van der Waals surface area contributed by atoms with E-state index in [2.05, 4.69) is 32.9 Å². The fourth-order valence-electron chi connectivity index (χ4n) is 3.19. The maximum Gasteiger partial charge on any atom is 0.404 e. The molecule has 1 saturated carbocycles. The zero-order valence-corrected chi connectivity index (χ0v) is 14.2. The maximum absolute atomic E-state index is 10.6. The summed E-state index contributed by atoms with van der Waals surface area (Å²) in [6.45, 7) is 0.540. The van der Waals surface area contributed by atoms with Crippen LogP contribution in [0.15, 0.2) is 12.4 Å². The number of halogens is 1. The van der Waals surface area contributed by atoms with Gasteiger partial charge in [0.05, 0.1) is 0 Å². The SMILES string of the molecule is Nc1nccn2c(C3CCC(CNC(=O)O)CC3)nc(I)c12. The zero-order chi connectivity index (χ0) is 15.7. The Morgan fingerprint density at radius 3 is 2.86 bits per heavy atom. The van der Waals surface area contributed by atoms with E-state index in [1.54, 1.807) is 6.20 Å². The van der Waals surface area contributed by atoms with Gasteiger partial charge in [-0.25, -0.2) is 14.8 Å². The molecule has 0 aromatic carbocycles. The number of hydrogen-bond donors (Lipinski definition) is 3. The van der Waals surface area contributed by atoms with Gasteiger partial charge in [-0.3, -0.25) is 4.40 Å². The molecular weight excluding hydrogens is 397 g/mol. The number of nitrogen functional groups attached to an aromatic ring is 1. The van der Waals surface area contributed by atoms with Crippen molar-refractivity contribution in [1.82, 2.24) is 19.7 Å². The number of carbonyl (C=O) groups is 1. The van der Waals surface area contributed by atoms with Gasteiger partial charge in [0.15, 0.2) is 5.82 Å². The predicted octanol–water partition coefficient (Wildman–Crippen LogP) is 2.46. The van der Waals surface area contributed by atoms with E-state index in [-0.39, 0.29) is 0 Å². The van der Waals surface area contributed by atoms with Crippen LogP contribution in [0.25, 0.3) is 5.52 Å². The minimum Gasteiger partial charge on any atom is -0.465 e. The number of imidazole rings is 1. The summed E-state index contributed by atoms with van der Waals surface area (Å²) in [4.78, 5) is 19.4. The third-order valence-corrected chi connectivity index (χ3v) is 5.07. The van der Waals surface area contributed by atoms with Crippen LogP contribution in [0.5, 0.6) is 0 Å². The van der Waals surface area contributed by atoms with Gasteiger partial charge < -0.3 is 16.2 Å². The monoisotopic (exact) mass is 415 g/mol. The molecule has 0 spiro atoms. The Kier molecular flexibility index (Phi) is 4.37. The zero-order valence-electron chi connectivity index (χ0n) is 12.0. The standard InChI is InChI=1S/C14H18IN5O2/c15-11-10-12(16)17-5-6-20(10)13(19-11)9-3-1-8(2-4-9)7-18-14(21)22/h5-6,8-9,18H,1-4,7H2,(H2,16,17)(H,21,22). The molecule has 0 saturated heterocycles.